The summed E-state index contributed by atoms with van der Waals surface area (Å²) in [6.45, 7) is 4.09. The van der Waals surface area contributed by atoms with E-state index < -0.39 is 5.60 Å². The molecule has 0 bridgehead atoms. The summed E-state index contributed by atoms with van der Waals surface area (Å²) in [6.07, 6.45) is 2.94. The molecule has 1 saturated carbocycles. The summed E-state index contributed by atoms with van der Waals surface area (Å²) in [5.41, 5.74) is 1.34. The van der Waals surface area contributed by atoms with Crippen LogP contribution in [0.5, 0.6) is 0 Å². The molecule has 1 aromatic heterocycles. The van der Waals surface area contributed by atoms with Gasteiger partial charge in [0.25, 0.3) is 0 Å². The van der Waals surface area contributed by atoms with Crippen LogP contribution >= 0.6 is 0 Å². The van der Waals surface area contributed by atoms with E-state index in [1.807, 2.05) is 25.1 Å². The molecule has 1 unspecified atom stereocenters. The molecule has 1 fully saturated rings. The Morgan fingerprint density at radius 1 is 1.35 bits per heavy atom. The number of aryl methyl sites for hydroxylation is 1. The lowest BCUT2D eigenvalue weighted by Gasteiger charge is -2.23. The minimum atomic E-state index is -0.757. The van der Waals surface area contributed by atoms with E-state index in [0.717, 1.165) is 36.0 Å². The van der Waals surface area contributed by atoms with Gasteiger partial charge in [0.15, 0.2) is 0 Å². The highest BCUT2D eigenvalue weighted by molar-refractivity contribution is 5.78. The molecule has 0 spiro atoms. The fourth-order valence-electron chi connectivity index (χ4n) is 2.60. The predicted octanol–water partition coefficient (Wildman–Crippen LogP) is 3.75. The fourth-order valence-corrected chi connectivity index (χ4v) is 2.60. The van der Waals surface area contributed by atoms with E-state index in [9.17, 15) is 5.11 Å². The molecular formula is C15H18O2. The van der Waals surface area contributed by atoms with Gasteiger partial charge in [-0.05, 0) is 50.3 Å². The highest BCUT2D eigenvalue weighted by Crippen LogP contribution is 2.48. The zero-order chi connectivity index (χ0) is 12.0. The van der Waals surface area contributed by atoms with E-state index in [4.69, 9.17) is 4.42 Å². The average molecular weight is 230 g/mol. The number of furan rings is 1. The smallest absolute Gasteiger partial charge is 0.137 e. The molecule has 0 saturated heterocycles. The van der Waals surface area contributed by atoms with E-state index in [2.05, 4.69) is 13.0 Å². The molecule has 90 valence electrons. The number of fused-ring (bicyclic) bond motifs is 1. The summed E-state index contributed by atoms with van der Waals surface area (Å²) >= 11 is 0. The SMILES string of the molecule is CCC(O)(c1cc2cc(C)ccc2o1)C1CC1. The van der Waals surface area contributed by atoms with Gasteiger partial charge in [-0.15, -0.1) is 0 Å². The van der Waals surface area contributed by atoms with Crippen molar-refractivity contribution in [2.24, 2.45) is 5.92 Å². The van der Waals surface area contributed by atoms with Crippen molar-refractivity contribution < 1.29 is 9.52 Å². The fraction of sp³-hybridized carbons (Fsp3) is 0.467. The Morgan fingerprint density at radius 3 is 2.76 bits per heavy atom. The molecule has 2 nitrogen and oxygen atoms in total. The molecule has 0 radical (unpaired) electrons. The third-order valence-electron chi connectivity index (χ3n) is 3.89. The third kappa shape index (κ3) is 1.67. The summed E-state index contributed by atoms with van der Waals surface area (Å²) in [5, 5.41) is 11.8. The maximum absolute atomic E-state index is 10.7. The van der Waals surface area contributed by atoms with Crippen molar-refractivity contribution in [3.8, 4) is 0 Å². The lowest BCUT2D eigenvalue weighted by molar-refractivity contribution is -0.0103. The summed E-state index contributed by atoms with van der Waals surface area (Å²) in [4.78, 5) is 0. The van der Waals surface area contributed by atoms with Crippen LogP contribution in [0.25, 0.3) is 11.0 Å². The number of hydrogen-bond donors (Lipinski definition) is 1. The third-order valence-corrected chi connectivity index (χ3v) is 3.89. The highest BCUT2D eigenvalue weighted by atomic mass is 16.4. The molecule has 1 aliphatic carbocycles. The van der Waals surface area contributed by atoms with Crippen molar-refractivity contribution in [3.05, 3.63) is 35.6 Å². The summed E-state index contributed by atoms with van der Waals surface area (Å²) < 4.78 is 5.83. The van der Waals surface area contributed by atoms with E-state index in [0.29, 0.717) is 5.92 Å². The van der Waals surface area contributed by atoms with Crippen LogP contribution in [0.3, 0.4) is 0 Å². The van der Waals surface area contributed by atoms with Crippen molar-refractivity contribution in [1.29, 1.82) is 0 Å². The second-order valence-electron chi connectivity index (χ2n) is 5.20. The summed E-state index contributed by atoms with van der Waals surface area (Å²) in [7, 11) is 0. The number of hydrogen-bond acceptors (Lipinski definition) is 2. The van der Waals surface area contributed by atoms with Gasteiger partial charge in [0.1, 0.15) is 16.9 Å². The van der Waals surface area contributed by atoms with Gasteiger partial charge in [-0.1, -0.05) is 18.6 Å². The first kappa shape index (κ1) is 10.8. The first-order valence-corrected chi connectivity index (χ1v) is 6.36. The Balaban J connectivity index is 2.10. The van der Waals surface area contributed by atoms with Gasteiger partial charge >= 0.3 is 0 Å². The molecule has 0 aliphatic heterocycles. The maximum atomic E-state index is 10.7. The van der Waals surface area contributed by atoms with Gasteiger partial charge in [0, 0.05) is 5.39 Å². The quantitative estimate of drug-likeness (QED) is 0.871. The van der Waals surface area contributed by atoms with Crippen molar-refractivity contribution in [3.63, 3.8) is 0 Å². The molecule has 0 amide bonds. The number of benzene rings is 1. The first-order chi connectivity index (χ1) is 8.13. The van der Waals surface area contributed by atoms with Crippen LogP contribution in [-0.2, 0) is 5.60 Å². The number of rotatable bonds is 3. The monoisotopic (exact) mass is 230 g/mol. The number of aliphatic hydroxyl groups is 1. The van der Waals surface area contributed by atoms with Crippen LogP contribution < -0.4 is 0 Å². The molecule has 2 aromatic rings. The second-order valence-corrected chi connectivity index (χ2v) is 5.20. The Bertz CT molecular complexity index is 551. The molecule has 1 aromatic carbocycles. The topological polar surface area (TPSA) is 33.4 Å². The maximum Gasteiger partial charge on any atom is 0.137 e. The Hall–Kier alpha value is -1.28. The molecule has 1 N–H and O–H groups in total. The molecule has 1 heterocycles. The molecular weight excluding hydrogens is 212 g/mol. The van der Waals surface area contributed by atoms with Crippen molar-refractivity contribution in [2.45, 2.75) is 38.7 Å². The van der Waals surface area contributed by atoms with Crippen molar-refractivity contribution in [2.75, 3.05) is 0 Å². The molecule has 1 aliphatic rings. The Labute approximate surface area is 101 Å². The Kier molecular flexibility index (Phi) is 2.30. The van der Waals surface area contributed by atoms with E-state index in [1.165, 1.54) is 5.56 Å². The van der Waals surface area contributed by atoms with Gasteiger partial charge in [0.2, 0.25) is 0 Å². The predicted molar refractivity (Wildman–Crippen MR) is 67.9 cm³/mol. The van der Waals surface area contributed by atoms with E-state index >= 15 is 0 Å². The normalized spacial score (nSPS) is 19.5. The zero-order valence-corrected chi connectivity index (χ0v) is 10.4. The van der Waals surface area contributed by atoms with E-state index in [-0.39, 0.29) is 0 Å². The molecule has 2 heteroatoms. The zero-order valence-electron chi connectivity index (χ0n) is 10.4. The largest absolute Gasteiger partial charge is 0.458 e. The lowest BCUT2D eigenvalue weighted by Crippen LogP contribution is -2.26. The van der Waals surface area contributed by atoms with Crippen molar-refractivity contribution in [1.82, 2.24) is 0 Å². The van der Waals surface area contributed by atoms with E-state index in [1.54, 1.807) is 0 Å². The minimum absolute atomic E-state index is 0.383. The van der Waals surface area contributed by atoms with Gasteiger partial charge in [-0.3, -0.25) is 0 Å². The minimum Gasteiger partial charge on any atom is -0.458 e. The van der Waals surface area contributed by atoms with Crippen molar-refractivity contribution >= 4 is 11.0 Å². The van der Waals surface area contributed by atoms with Crippen LogP contribution in [0.1, 0.15) is 37.5 Å². The summed E-state index contributed by atoms with van der Waals surface area (Å²) in [6, 6.07) is 8.13. The van der Waals surface area contributed by atoms with Crippen LogP contribution in [0.2, 0.25) is 0 Å². The standard InChI is InChI=1S/C15H18O2/c1-3-15(16,12-5-6-12)14-9-11-8-10(2)4-7-13(11)17-14/h4,7-9,12,16H,3,5-6H2,1-2H3. The Morgan fingerprint density at radius 2 is 2.12 bits per heavy atom. The van der Waals surface area contributed by atoms with Gasteiger partial charge in [0.05, 0.1) is 0 Å². The molecule has 17 heavy (non-hydrogen) atoms. The van der Waals surface area contributed by atoms with Crippen LogP contribution in [0, 0.1) is 12.8 Å². The highest BCUT2D eigenvalue weighted by Gasteiger charge is 2.46. The average Bonchev–Trinajstić information content (AvgIpc) is 3.08. The van der Waals surface area contributed by atoms with Crippen LogP contribution in [-0.4, -0.2) is 5.11 Å². The first-order valence-electron chi connectivity index (χ1n) is 6.36. The van der Waals surface area contributed by atoms with Crippen LogP contribution in [0.15, 0.2) is 28.7 Å². The lowest BCUT2D eigenvalue weighted by atomic mass is 9.91. The van der Waals surface area contributed by atoms with Gasteiger partial charge in [-0.2, -0.15) is 0 Å². The van der Waals surface area contributed by atoms with Gasteiger partial charge < -0.3 is 9.52 Å². The van der Waals surface area contributed by atoms with Gasteiger partial charge in [-0.25, -0.2) is 0 Å². The molecule has 3 rings (SSSR count). The second kappa shape index (κ2) is 3.61. The molecule has 1 atom stereocenters. The van der Waals surface area contributed by atoms with Crippen LogP contribution in [0.4, 0.5) is 0 Å². The summed E-state index contributed by atoms with van der Waals surface area (Å²) in [5.74, 6) is 1.12.